The highest BCUT2D eigenvalue weighted by Crippen LogP contribution is 2.25. The second-order valence-electron chi connectivity index (χ2n) is 7.05. The Kier molecular flexibility index (Phi) is 6.18. The van der Waals surface area contributed by atoms with Crippen LogP contribution in [0.15, 0.2) is 61.4 Å². The van der Waals surface area contributed by atoms with Gasteiger partial charge >= 0.3 is 12.1 Å². The normalized spacial score (nSPS) is 11.5. The number of aryl methyl sites for hydroxylation is 1. The van der Waals surface area contributed by atoms with Gasteiger partial charge in [-0.25, -0.2) is 14.8 Å². The summed E-state index contributed by atoms with van der Waals surface area (Å²) in [7, 11) is 1.86. The number of hydrogen-bond donors (Lipinski definition) is 1. The Morgan fingerprint density at radius 2 is 1.67 bits per heavy atom. The second-order valence-corrected chi connectivity index (χ2v) is 7.05. The molecule has 0 saturated carbocycles. The zero-order valence-electron chi connectivity index (χ0n) is 17.3. The number of nitrogens with zero attached hydrogens (tertiary/aromatic N) is 6. The summed E-state index contributed by atoms with van der Waals surface area (Å²) >= 11 is 0. The molecule has 12 heteroatoms. The van der Waals surface area contributed by atoms with Gasteiger partial charge in [0.2, 0.25) is 0 Å². The average Bonchev–Trinajstić information content (AvgIpc) is 3.45. The Morgan fingerprint density at radius 3 is 2.36 bits per heavy atom. The number of alkyl halides is 3. The van der Waals surface area contributed by atoms with Crippen LogP contribution in [-0.4, -0.2) is 48.2 Å². The highest BCUT2D eigenvalue weighted by atomic mass is 19.4. The van der Waals surface area contributed by atoms with E-state index in [1.54, 1.807) is 35.7 Å². The number of hydroxylamine groups is 1. The number of carbonyl (C=O) groups excluding carboxylic acids is 1. The Balaban J connectivity index is 1.38. The molecule has 9 nitrogen and oxygen atoms in total. The van der Waals surface area contributed by atoms with Crippen molar-refractivity contribution in [2.24, 2.45) is 7.05 Å². The van der Waals surface area contributed by atoms with Crippen LogP contribution in [0.4, 0.5) is 13.2 Å². The minimum absolute atomic E-state index is 0.0499. The third-order valence-corrected chi connectivity index (χ3v) is 4.62. The lowest BCUT2D eigenvalue weighted by atomic mass is 10.1. The molecule has 0 radical (unpaired) electrons. The summed E-state index contributed by atoms with van der Waals surface area (Å²) < 4.78 is 39.5. The Morgan fingerprint density at radius 1 is 0.970 bits per heavy atom. The van der Waals surface area contributed by atoms with E-state index >= 15 is 0 Å². The minimum atomic E-state index is -5.04. The van der Waals surface area contributed by atoms with Gasteiger partial charge in [0.15, 0.2) is 5.82 Å². The molecule has 0 atom stereocenters. The van der Waals surface area contributed by atoms with Gasteiger partial charge in [0.25, 0.3) is 0 Å². The van der Waals surface area contributed by atoms with Crippen LogP contribution >= 0.6 is 0 Å². The van der Waals surface area contributed by atoms with Crippen LogP contribution in [0.1, 0.15) is 0 Å². The van der Waals surface area contributed by atoms with Gasteiger partial charge in [-0.05, 0) is 11.6 Å². The van der Waals surface area contributed by atoms with Crippen molar-refractivity contribution in [3.8, 4) is 33.6 Å². The number of halogens is 3. The number of hydrogen-bond acceptors (Lipinski definition) is 7. The summed E-state index contributed by atoms with van der Waals surface area (Å²) in [6, 6.07) is 7.83. The van der Waals surface area contributed by atoms with Crippen LogP contribution in [0.3, 0.4) is 0 Å². The van der Waals surface area contributed by atoms with Crippen molar-refractivity contribution in [2.45, 2.75) is 12.7 Å². The van der Waals surface area contributed by atoms with E-state index in [-0.39, 0.29) is 13.1 Å². The van der Waals surface area contributed by atoms with Crippen LogP contribution in [0.25, 0.3) is 33.6 Å². The molecule has 0 bridgehead atoms. The van der Waals surface area contributed by atoms with Gasteiger partial charge in [0, 0.05) is 54.1 Å². The monoisotopic (exact) mass is 457 g/mol. The van der Waals surface area contributed by atoms with Crippen LogP contribution in [-0.2, 0) is 23.2 Å². The lowest BCUT2D eigenvalue weighted by Crippen LogP contribution is -2.32. The molecule has 4 aromatic rings. The standard InChI is InChI=1S/C21H18F3N7O2/c1-30-12-17(10-27-30)14-3-2-4-15(7-14)19-25-8-16(9-26-19)18-11-28-31(13-18)6-5-29-33-20(32)21(22,23)24/h2-4,7-13,29H,5-6H2,1H3. The van der Waals surface area contributed by atoms with E-state index in [0.717, 1.165) is 27.8 Å². The molecule has 0 spiro atoms. The van der Waals surface area contributed by atoms with Crippen molar-refractivity contribution in [2.75, 3.05) is 6.54 Å². The number of rotatable bonds is 7. The summed E-state index contributed by atoms with van der Waals surface area (Å²) in [5.74, 6) is -1.74. The summed E-state index contributed by atoms with van der Waals surface area (Å²) in [6.45, 7) is 0.136. The molecule has 0 saturated heterocycles. The van der Waals surface area contributed by atoms with Crippen molar-refractivity contribution in [1.29, 1.82) is 0 Å². The Labute approximate surface area is 185 Å². The van der Waals surface area contributed by atoms with Gasteiger partial charge in [-0.15, -0.1) is 0 Å². The smallest absolute Gasteiger partial charge is 0.364 e. The summed E-state index contributed by atoms with van der Waals surface area (Å²) in [5, 5.41) is 8.33. The van der Waals surface area contributed by atoms with Gasteiger partial charge < -0.3 is 4.84 Å². The Bertz CT molecular complexity index is 1250. The molecule has 3 heterocycles. The predicted molar refractivity (Wildman–Crippen MR) is 111 cm³/mol. The van der Waals surface area contributed by atoms with Crippen molar-refractivity contribution in [1.82, 2.24) is 35.0 Å². The van der Waals surface area contributed by atoms with Crippen LogP contribution in [0.5, 0.6) is 0 Å². The molecule has 33 heavy (non-hydrogen) atoms. The van der Waals surface area contributed by atoms with Crippen molar-refractivity contribution in [3.63, 3.8) is 0 Å². The first kappa shape index (κ1) is 22.1. The third-order valence-electron chi connectivity index (χ3n) is 4.62. The fraction of sp³-hybridized carbons (Fsp3) is 0.190. The maximum Gasteiger partial charge on any atom is 0.492 e. The molecule has 4 rings (SSSR count). The first-order valence-corrected chi connectivity index (χ1v) is 9.75. The zero-order chi connectivity index (χ0) is 23.4. The maximum absolute atomic E-state index is 12.1. The molecule has 0 aliphatic carbocycles. The second kappa shape index (κ2) is 9.20. The van der Waals surface area contributed by atoms with Crippen molar-refractivity contribution >= 4 is 5.97 Å². The summed E-state index contributed by atoms with van der Waals surface area (Å²) in [6.07, 6.45) is 5.29. The molecule has 0 aliphatic heterocycles. The molecule has 1 N–H and O–H groups in total. The molecule has 0 aliphatic rings. The number of carbonyl (C=O) groups is 1. The highest BCUT2D eigenvalue weighted by molar-refractivity contribution is 5.75. The van der Waals surface area contributed by atoms with Gasteiger partial charge in [0.05, 0.1) is 25.5 Å². The first-order valence-electron chi connectivity index (χ1n) is 9.75. The quantitative estimate of drug-likeness (QED) is 0.336. The summed E-state index contributed by atoms with van der Waals surface area (Å²) in [5.41, 5.74) is 6.29. The maximum atomic E-state index is 12.1. The van der Waals surface area contributed by atoms with E-state index < -0.39 is 12.1 Å². The third kappa shape index (κ3) is 5.41. The molecule has 0 fully saturated rings. The summed E-state index contributed by atoms with van der Waals surface area (Å²) in [4.78, 5) is 23.5. The fourth-order valence-corrected chi connectivity index (χ4v) is 3.00. The van der Waals surface area contributed by atoms with Crippen molar-refractivity contribution < 1.29 is 22.8 Å². The van der Waals surface area contributed by atoms with Gasteiger partial charge in [-0.1, -0.05) is 18.2 Å². The van der Waals surface area contributed by atoms with E-state index in [1.807, 2.05) is 43.0 Å². The first-order chi connectivity index (χ1) is 15.8. The fourth-order valence-electron chi connectivity index (χ4n) is 3.00. The van der Waals surface area contributed by atoms with Gasteiger partial charge in [-0.2, -0.15) is 28.8 Å². The van der Waals surface area contributed by atoms with E-state index in [9.17, 15) is 18.0 Å². The molecule has 3 aromatic heterocycles. The number of nitrogens with one attached hydrogen (secondary N) is 1. The average molecular weight is 457 g/mol. The largest absolute Gasteiger partial charge is 0.492 e. The molecular weight excluding hydrogens is 439 g/mol. The van der Waals surface area contributed by atoms with Crippen LogP contribution in [0.2, 0.25) is 0 Å². The van der Waals surface area contributed by atoms with Crippen LogP contribution < -0.4 is 5.48 Å². The van der Waals surface area contributed by atoms with Crippen molar-refractivity contribution in [3.05, 3.63) is 61.4 Å². The molecule has 0 amide bonds. The lowest BCUT2D eigenvalue weighted by molar-refractivity contribution is -0.207. The topological polar surface area (TPSA) is 99.8 Å². The molecular formula is C21H18F3N7O2. The van der Waals surface area contributed by atoms with E-state index in [4.69, 9.17) is 0 Å². The number of aromatic nitrogens is 6. The van der Waals surface area contributed by atoms with E-state index in [1.165, 1.54) is 4.68 Å². The SMILES string of the molecule is Cn1cc(-c2cccc(-c3ncc(-c4cnn(CCNOC(=O)C(F)(F)F)c4)cn3)c2)cn1. The molecule has 0 unspecified atom stereocenters. The van der Waals surface area contributed by atoms with E-state index in [2.05, 4.69) is 25.0 Å². The molecule has 170 valence electrons. The van der Waals surface area contributed by atoms with Gasteiger partial charge in [-0.3, -0.25) is 9.36 Å². The highest BCUT2D eigenvalue weighted by Gasteiger charge is 2.41. The van der Waals surface area contributed by atoms with E-state index in [0.29, 0.717) is 5.82 Å². The molecule has 1 aromatic carbocycles. The zero-order valence-corrected chi connectivity index (χ0v) is 17.3. The predicted octanol–water partition coefficient (Wildman–Crippen LogP) is 3.02. The minimum Gasteiger partial charge on any atom is -0.364 e. The van der Waals surface area contributed by atoms with Crippen LogP contribution in [0, 0.1) is 0 Å². The lowest BCUT2D eigenvalue weighted by Gasteiger charge is -2.07. The van der Waals surface area contributed by atoms with Gasteiger partial charge in [0.1, 0.15) is 0 Å². The Hall–Kier alpha value is -4.06. The number of benzene rings is 1.